The Bertz CT molecular complexity index is 181. The minimum Gasteiger partial charge on any atom is -0.383 e. The Labute approximate surface area is 66.0 Å². The third kappa shape index (κ3) is 1.03. The van der Waals surface area contributed by atoms with Gasteiger partial charge in [-0.25, -0.2) is 0 Å². The maximum absolute atomic E-state index is 11.3. The van der Waals surface area contributed by atoms with Crippen molar-refractivity contribution in [2.45, 2.75) is 37.8 Å². The summed E-state index contributed by atoms with van der Waals surface area (Å²) in [6, 6.07) is 0.450. The fourth-order valence-electron chi connectivity index (χ4n) is 2.09. The van der Waals surface area contributed by atoms with E-state index in [9.17, 15) is 9.90 Å². The zero-order valence-corrected chi connectivity index (χ0v) is 6.49. The molecule has 2 aliphatic heterocycles. The van der Waals surface area contributed by atoms with E-state index in [1.54, 1.807) is 0 Å². The predicted octanol–water partition coefficient (Wildman–Crippen LogP) is 0.132. The molecule has 11 heavy (non-hydrogen) atoms. The molecule has 3 heteroatoms. The Morgan fingerprint density at radius 2 is 2.18 bits per heavy atom. The lowest BCUT2D eigenvalue weighted by Gasteiger charge is -2.32. The number of amides is 1. The highest BCUT2D eigenvalue weighted by molar-refractivity contribution is 5.82. The topological polar surface area (TPSA) is 40.5 Å². The van der Waals surface area contributed by atoms with Crippen LogP contribution in [0.4, 0.5) is 0 Å². The van der Waals surface area contributed by atoms with Crippen molar-refractivity contribution in [2.24, 2.45) is 0 Å². The fourth-order valence-corrected chi connectivity index (χ4v) is 2.09. The second-order valence-corrected chi connectivity index (χ2v) is 3.42. The molecule has 0 aromatic rings. The van der Waals surface area contributed by atoms with Crippen LogP contribution in [0.25, 0.3) is 0 Å². The van der Waals surface area contributed by atoms with Crippen molar-refractivity contribution in [2.75, 3.05) is 6.54 Å². The highest BCUT2D eigenvalue weighted by atomic mass is 16.3. The first-order valence-corrected chi connectivity index (χ1v) is 4.27. The lowest BCUT2D eigenvalue weighted by atomic mass is 10.0. The fraction of sp³-hybridized carbons (Fsp3) is 0.875. The SMILES string of the molecule is O=C1[C@@H](O)CC[C@H]2CCCN12. The molecule has 2 saturated heterocycles. The molecule has 1 amide bonds. The quantitative estimate of drug-likeness (QED) is 0.540. The van der Waals surface area contributed by atoms with Crippen LogP contribution in [0.1, 0.15) is 25.7 Å². The zero-order chi connectivity index (χ0) is 7.84. The number of hydrogen-bond acceptors (Lipinski definition) is 2. The van der Waals surface area contributed by atoms with Gasteiger partial charge in [0.1, 0.15) is 6.10 Å². The van der Waals surface area contributed by atoms with Gasteiger partial charge in [-0.1, -0.05) is 0 Å². The molecule has 2 atom stereocenters. The van der Waals surface area contributed by atoms with Crippen LogP contribution in [-0.4, -0.2) is 34.6 Å². The summed E-state index contributed by atoms with van der Waals surface area (Å²) < 4.78 is 0. The number of hydrogen-bond donors (Lipinski definition) is 1. The summed E-state index contributed by atoms with van der Waals surface area (Å²) in [6.45, 7) is 0.862. The minimum absolute atomic E-state index is 0.0428. The number of rotatable bonds is 0. The van der Waals surface area contributed by atoms with Gasteiger partial charge in [-0.2, -0.15) is 0 Å². The van der Waals surface area contributed by atoms with E-state index in [-0.39, 0.29) is 5.91 Å². The predicted molar refractivity (Wildman–Crippen MR) is 40.0 cm³/mol. The van der Waals surface area contributed by atoms with Crippen LogP contribution < -0.4 is 0 Å². The Kier molecular flexibility index (Phi) is 1.60. The molecule has 3 nitrogen and oxygen atoms in total. The van der Waals surface area contributed by atoms with Crippen molar-refractivity contribution in [1.82, 2.24) is 4.90 Å². The molecular formula is C8H13NO2. The van der Waals surface area contributed by atoms with Gasteiger partial charge in [0.05, 0.1) is 0 Å². The monoisotopic (exact) mass is 155 g/mol. The molecule has 2 aliphatic rings. The van der Waals surface area contributed by atoms with Gasteiger partial charge in [-0.15, -0.1) is 0 Å². The van der Waals surface area contributed by atoms with Gasteiger partial charge in [-0.3, -0.25) is 4.79 Å². The first kappa shape index (κ1) is 7.10. The summed E-state index contributed by atoms with van der Waals surface area (Å²) in [5.74, 6) is -0.0428. The van der Waals surface area contributed by atoms with E-state index >= 15 is 0 Å². The van der Waals surface area contributed by atoms with Gasteiger partial charge >= 0.3 is 0 Å². The van der Waals surface area contributed by atoms with E-state index < -0.39 is 6.10 Å². The molecule has 0 bridgehead atoms. The Hall–Kier alpha value is -0.570. The van der Waals surface area contributed by atoms with Gasteiger partial charge in [0.2, 0.25) is 0 Å². The molecular weight excluding hydrogens is 142 g/mol. The average molecular weight is 155 g/mol. The molecule has 0 aromatic heterocycles. The third-order valence-electron chi connectivity index (χ3n) is 2.72. The number of piperidine rings is 1. The van der Waals surface area contributed by atoms with Crippen LogP contribution in [0.5, 0.6) is 0 Å². The number of fused-ring (bicyclic) bond motifs is 1. The molecule has 0 aliphatic carbocycles. The summed E-state index contributed by atoms with van der Waals surface area (Å²) in [7, 11) is 0. The highest BCUT2D eigenvalue weighted by Gasteiger charge is 2.36. The van der Waals surface area contributed by atoms with Crippen LogP contribution in [0, 0.1) is 0 Å². The number of aliphatic hydroxyl groups is 1. The van der Waals surface area contributed by atoms with E-state index in [0.717, 1.165) is 25.8 Å². The summed E-state index contributed by atoms with van der Waals surface area (Å²) in [5, 5.41) is 9.23. The van der Waals surface area contributed by atoms with Gasteiger partial charge in [0.25, 0.3) is 5.91 Å². The Morgan fingerprint density at radius 3 is 3.00 bits per heavy atom. The smallest absolute Gasteiger partial charge is 0.251 e. The van der Waals surface area contributed by atoms with Crippen molar-refractivity contribution in [3.05, 3.63) is 0 Å². The summed E-state index contributed by atoms with van der Waals surface area (Å²) >= 11 is 0. The average Bonchev–Trinajstić information content (AvgIpc) is 2.45. The van der Waals surface area contributed by atoms with E-state index in [0.29, 0.717) is 12.5 Å². The largest absolute Gasteiger partial charge is 0.383 e. The normalized spacial score (nSPS) is 37.5. The Morgan fingerprint density at radius 1 is 1.36 bits per heavy atom. The molecule has 0 radical (unpaired) electrons. The molecule has 2 fully saturated rings. The van der Waals surface area contributed by atoms with Crippen molar-refractivity contribution in [3.63, 3.8) is 0 Å². The van der Waals surface area contributed by atoms with Gasteiger partial charge in [-0.05, 0) is 25.7 Å². The van der Waals surface area contributed by atoms with Crippen LogP contribution in [0.3, 0.4) is 0 Å². The number of nitrogens with zero attached hydrogens (tertiary/aromatic N) is 1. The maximum Gasteiger partial charge on any atom is 0.251 e. The van der Waals surface area contributed by atoms with Gasteiger partial charge in [0, 0.05) is 12.6 Å². The van der Waals surface area contributed by atoms with Crippen molar-refractivity contribution >= 4 is 5.91 Å². The number of carbonyl (C=O) groups excluding carboxylic acids is 1. The Balaban J connectivity index is 2.12. The maximum atomic E-state index is 11.3. The van der Waals surface area contributed by atoms with Crippen molar-refractivity contribution in [1.29, 1.82) is 0 Å². The van der Waals surface area contributed by atoms with Gasteiger partial charge < -0.3 is 10.0 Å². The van der Waals surface area contributed by atoms with Gasteiger partial charge in [0.15, 0.2) is 0 Å². The second kappa shape index (κ2) is 2.48. The van der Waals surface area contributed by atoms with E-state index in [1.165, 1.54) is 0 Å². The number of carbonyl (C=O) groups is 1. The lowest BCUT2D eigenvalue weighted by Crippen LogP contribution is -2.46. The number of aliphatic hydroxyl groups excluding tert-OH is 1. The molecule has 2 rings (SSSR count). The molecule has 2 heterocycles. The summed E-state index contributed by atoms with van der Waals surface area (Å²) in [6.07, 6.45) is 3.21. The van der Waals surface area contributed by atoms with E-state index in [4.69, 9.17) is 0 Å². The lowest BCUT2D eigenvalue weighted by molar-refractivity contribution is -0.145. The van der Waals surface area contributed by atoms with Crippen molar-refractivity contribution < 1.29 is 9.90 Å². The van der Waals surface area contributed by atoms with Crippen LogP contribution in [0.2, 0.25) is 0 Å². The van der Waals surface area contributed by atoms with E-state index in [1.807, 2.05) is 4.90 Å². The molecule has 0 unspecified atom stereocenters. The van der Waals surface area contributed by atoms with Crippen molar-refractivity contribution in [3.8, 4) is 0 Å². The molecule has 1 N–H and O–H groups in total. The molecule has 0 spiro atoms. The minimum atomic E-state index is -0.704. The molecule has 62 valence electrons. The first-order chi connectivity index (χ1) is 5.29. The highest BCUT2D eigenvalue weighted by Crippen LogP contribution is 2.27. The molecule has 0 saturated carbocycles. The third-order valence-corrected chi connectivity index (χ3v) is 2.72. The van der Waals surface area contributed by atoms with E-state index in [2.05, 4.69) is 0 Å². The van der Waals surface area contributed by atoms with Crippen LogP contribution >= 0.6 is 0 Å². The zero-order valence-electron chi connectivity index (χ0n) is 6.49. The molecule has 0 aromatic carbocycles. The standard InChI is InChI=1S/C8H13NO2/c10-7-4-3-6-2-1-5-9(6)8(7)11/h6-7,10H,1-5H2/t6-,7+/m1/s1. The van der Waals surface area contributed by atoms with Crippen LogP contribution in [-0.2, 0) is 4.79 Å². The first-order valence-electron chi connectivity index (χ1n) is 4.27. The summed E-state index contributed by atoms with van der Waals surface area (Å²) in [5.41, 5.74) is 0. The summed E-state index contributed by atoms with van der Waals surface area (Å²) in [4.78, 5) is 13.1. The second-order valence-electron chi connectivity index (χ2n) is 3.42. The van der Waals surface area contributed by atoms with Crippen LogP contribution in [0.15, 0.2) is 0 Å².